The molecule has 1 aromatic rings. The van der Waals surface area contributed by atoms with Crippen molar-refractivity contribution in [2.24, 2.45) is 0 Å². The van der Waals surface area contributed by atoms with E-state index in [0.29, 0.717) is 24.9 Å². The molecule has 1 N–H and O–H groups in total. The molecule has 0 saturated heterocycles. The van der Waals surface area contributed by atoms with Crippen molar-refractivity contribution in [3.8, 4) is 0 Å². The SMILES string of the molecule is CCCCN(C1CC1)S(=O)(=O)c1ccc(CNC2CC2)o1. The molecule has 0 amide bonds. The van der Waals surface area contributed by atoms with E-state index in [0.717, 1.165) is 25.7 Å². The first kappa shape index (κ1) is 15.1. The van der Waals surface area contributed by atoms with E-state index in [-0.39, 0.29) is 11.1 Å². The summed E-state index contributed by atoms with van der Waals surface area (Å²) in [4.78, 5) is 0. The van der Waals surface area contributed by atoms with Crippen LogP contribution in [-0.4, -0.2) is 31.4 Å². The third-order valence-electron chi connectivity index (χ3n) is 4.03. The van der Waals surface area contributed by atoms with Crippen molar-refractivity contribution in [2.45, 2.75) is 69.2 Å². The van der Waals surface area contributed by atoms with Gasteiger partial charge in [0.05, 0.1) is 6.54 Å². The first-order chi connectivity index (χ1) is 10.1. The van der Waals surface area contributed by atoms with Gasteiger partial charge in [0.15, 0.2) is 0 Å². The molecule has 2 fully saturated rings. The lowest BCUT2D eigenvalue weighted by Gasteiger charge is -2.20. The van der Waals surface area contributed by atoms with Crippen LogP contribution in [0.2, 0.25) is 0 Å². The van der Waals surface area contributed by atoms with Crippen molar-refractivity contribution in [1.82, 2.24) is 9.62 Å². The maximum atomic E-state index is 12.7. The lowest BCUT2D eigenvalue weighted by Crippen LogP contribution is -2.33. The fraction of sp³-hybridized carbons (Fsp3) is 0.733. The van der Waals surface area contributed by atoms with Crippen molar-refractivity contribution < 1.29 is 12.8 Å². The fourth-order valence-electron chi connectivity index (χ4n) is 2.42. The Kier molecular flexibility index (Phi) is 4.38. The first-order valence-electron chi connectivity index (χ1n) is 7.95. The Morgan fingerprint density at radius 2 is 2.05 bits per heavy atom. The Morgan fingerprint density at radius 1 is 1.29 bits per heavy atom. The monoisotopic (exact) mass is 312 g/mol. The Bertz CT molecular complexity index is 573. The zero-order chi connectivity index (χ0) is 14.9. The highest BCUT2D eigenvalue weighted by atomic mass is 32.2. The van der Waals surface area contributed by atoms with E-state index in [1.54, 1.807) is 16.4 Å². The maximum absolute atomic E-state index is 12.7. The normalized spacial score (nSPS) is 19.3. The van der Waals surface area contributed by atoms with E-state index in [1.807, 2.05) is 0 Å². The Hall–Kier alpha value is -0.850. The van der Waals surface area contributed by atoms with Gasteiger partial charge in [-0.25, -0.2) is 8.42 Å². The summed E-state index contributed by atoms with van der Waals surface area (Å²) in [7, 11) is -3.47. The highest BCUT2D eigenvalue weighted by molar-refractivity contribution is 7.89. The molecule has 6 heteroatoms. The zero-order valence-electron chi connectivity index (χ0n) is 12.5. The average molecular weight is 312 g/mol. The van der Waals surface area contributed by atoms with Crippen LogP contribution < -0.4 is 5.32 Å². The number of rotatable bonds is 9. The summed E-state index contributed by atoms with van der Waals surface area (Å²) in [5.74, 6) is 0.701. The molecule has 0 aromatic carbocycles. The van der Waals surface area contributed by atoms with Gasteiger partial charge in [0.1, 0.15) is 5.76 Å². The van der Waals surface area contributed by atoms with Gasteiger partial charge in [-0.2, -0.15) is 4.31 Å². The number of hydrogen-bond donors (Lipinski definition) is 1. The molecule has 0 spiro atoms. The average Bonchev–Trinajstić information content (AvgIpc) is 3.37. The van der Waals surface area contributed by atoms with E-state index >= 15 is 0 Å². The highest BCUT2D eigenvalue weighted by Crippen LogP contribution is 2.33. The first-order valence-corrected chi connectivity index (χ1v) is 9.39. The smallest absolute Gasteiger partial charge is 0.276 e. The van der Waals surface area contributed by atoms with Crippen molar-refractivity contribution >= 4 is 10.0 Å². The van der Waals surface area contributed by atoms with Crippen molar-refractivity contribution in [1.29, 1.82) is 0 Å². The minimum absolute atomic E-state index is 0.0955. The van der Waals surface area contributed by atoms with Crippen LogP contribution in [0.3, 0.4) is 0 Å². The molecule has 5 nitrogen and oxygen atoms in total. The quantitative estimate of drug-likeness (QED) is 0.761. The van der Waals surface area contributed by atoms with Gasteiger partial charge in [-0.3, -0.25) is 0 Å². The molecule has 2 saturated carbocycles. The molecule has 0 radical (unpaired) electrons. The highest BCUT2D eigenvalue weighted by Gasteiger charge is 2.39. The van der Waals surface area contributed by atoms with Gasteiger partial charge in [-0.1, -0.05) is 13.3 Å². The van der Waals surface area contributed by atoms with E-state index < -0.39 is 10.0 Å². The van der Waals surface area contributed by atoms with E-state index in [1.165, 1.54) is 12.8 Å². The van der Waals surface area contributed by atoms with Gasteiger partial charge < -0.3 is 9.73 Å². The summed E-state index contributed by atoms with van der Waals surface area (Å²) in [6, 6.07) is 4.13. The number of furan rings is 1. The molecule has 21 heavy (non-hydrogen) atoms. The molecule has 3 rings (SSSR count). The summed E-state index contributed by atoms with van der Waals surface area (Å²) in [6.45, 7) is 3.28. The molecule has 1 aromatic heterocycles. The summed E-state index contributed by atoms with van der Waals surface area (Å²) < 4.78 is 32.6. The van der Waals surface area contributed by atoms with Crippen LogP contribution >= 0.6 is 0 Å². The van der Waals surface area contributed by atoms with Gasteiger partial charge >= 0.3 is 0 Å². The summed E-state index contributed by atoms with van der Waals surface area (Å²) in [5, 5.41) is 3.43. The van der Waals surface area contributed by atoms with Crippen molar-refractivity contribution in [2.75, 3.05) is 6.54 Å². The van der Waals surface area contributed by atoms with E-state index in [2.05, 4.69) is 12.2 Å². The van der Waals surface area contributed by atoms with Crippen LogP contribution in [0.1, 0.15) is 51.2 Å². The van der Waals surface area contributed by atoms with Gasteiger partial charge in [0, 0.05) is 18.6 Å². The molecule has 0 unspecified atom stereocenters. The van der Waals surface area contributed by atoms with Crippen LogP contribution in [0, 0.1) is 0 Å². The number of hydrogen-bond acceptors (Lipinski definition) is 4. The third kappa shape index (κ3) is 3.67. The minimum atomic E-state index is -3.47. The predicted molar refractivity (Wildman–Crippen MR) is 80.4 cm³/mol. The number of unbranched alkanes of at least 4 members (excludes halogenated alkanes) is 1. The molecule has 1 heterocycles. The van der Waals surface area contributed by atoms with Gasteiger partial charge in [0.25, 0.3) is 10.0 Å². The minimum Gasteiger partial charge on any atom is -0.447 e. The Labute approximate surface area is 126 Å². The van der Waals surface area contributed by atoms with Gasteiger partial charge in [-0.15, -0.1) is 0 Å². The molecule has 0 aliphatic heterocycles. The van der Waals surface area contributed by atoms with Crippen LogP contribution in [0.15, 0.2) is 21.6 Å². The predicted octanol–water partition coefficient (Wildman–Crippen LogP) is 2.48. The lowest BCUT2D eigenvalue weighted by atomic mass is 10.3. The summed E-state index contributed by atoms with van der Waals surface area (Å²) in [5.41, 5.74) is 0. The fourth-order valence-corrected chi connectivity index (χ4v) is 4.07. The summed E-state index contributed by atoms with van der Waals surface area (Å²) in [6.07, 6.45) is 6.25. The second kappa shape index (κ2) is 6.10. The Balaban J connectivity index is 1.69. The Morgan fingerprint density at radius 3 is 2.67 bits per heavy atom. The van der Waals surface area contributed by atoms with Gasteiger partial charge in [0.2, 0.25) is 5.09 Å². The molecule has 2 aliphatic carbocycles. The molecular formula is C15H24N2O3S. The maximum Gasteiger partial charge on any atom is 0.276 e. The molecule has 0 bridgehead atoms. The van der Waals surface area contributed by atoms with Crippen molar-refractivity contribution in [3.63, 3.8) is 0 Å². The van der Waals surface area contributed by atoms with E-state index in [4.69, 9.17) is 4.42 Å². The largest absolute Gasteiger partial charge is 0.447 e. The molecule has 2 aliphatic rings. The topological polar surface area (TPSA) is 62.6 Å². The molecule has 0 atom stereocenters. The molecule has 118 valence electrons. The summed E-state index contributed by atoms with van der Waals surface area (Å²) >= 11 is 0. The van der Waals surface area contributed by atoms with Gasteiger partial charge in [-0.05, 0) is 44.2 Å². The third-order valence-corrected chi connectivity index (χ3v) is 5.85. The second-order valence-corrected chi connectivity index (χ2v) is 7.90. The standard InChI is InChI=1S/C15H24N2O3S/c1-2-3-10-17(13-6-7-13)21(18,19)15-9-8-14(20-15)11-16-12-4-5-12/h8-9,12-13,16H,2-7,10-11H2,1H3. The number of nitrogens with zero attached hydrogens (tertiary/aromatic N) is 1. The van der Waals surface area contributed by atoms with Crippen LogP contribution in [0.5, 0.6) is 0 Å². The lowest BCUT2D eigenvalue weighted by molar-refractivity contribution is 0.354. The number of sulfonamides is 1. The van der Waals surface area contributed by atoms with E-state index in [9.17, 15) is 8.42 Å². The number of nitrogens with one attached hydrogen (secondary N) is 1. The zero-order valence-corrected chi connectivity index (χ0v) is 13.4. The van der Waals surface area contributed by atoms with Crippen LogP contribution in [0.25, 0.3) is 0 Å². The molecular weight excluding hydrogens is 288 g/mol. The van der Waals surface area contributed by atoms with Crippen LogP contribution in [-0.2, 0) is 16.6 Å². The second-order valence-electron chi connectivity index (χ2n) is 6.08. The van der Waals surface area contributed by atoms with Crippen LogP contribution in [0.4, 0.5) is 0 Å². The van der Waals surface area contributed by atoms with Crippen molar-refractivity contribution in [3.05, 3.63) is 17.9 Å².